The monoisotopic (exact) mass is 228 g/mol. The van der Waals surface area contributed by atoms with Gasteiger partial charge in [-0.1, -0.05) is 56.2 Å². The first-order chi connectivity index (χ1) is 8.06. The lowest BCUT2D eigenvalue weighted by Crippen LogP contribution is -2.35. The van der Waals surface area contributed by atoms with Crippen LogP contribution in [0, 0.1) is 23.7 Å². The first-order valence-corrected chi connectivity index (χ1v) is 5.90. The van der Waals surface area contributed by atoms with Crippen molar-refractivity contribution < 1.29 is 5.11 Å². The average molecular weight is 228 g/mol. The Morgan fingerprint density at radius 1 is 1.29 bits per heavy atom. The van der Waals surface area contributed by atoms with Crippen molar-refractivity contribution in [2.75, 3.05) is 0 Å². The maximum Gasteiger partial charge on any atom is 0.157 e. The van der Waals surface area contributed by atoms with Gasteiger partial charge in [-0.15, -0.1) is 12.5 Å². The largest absolute Gasteiger partial charge is 0.373 e. The first-order valence-electron chi connectivity index (χ1n) is 5.90. The second-order valence-corrected chi connectivity index (χ2v) is 4.51. The van der Waals surface area contributed by atoms with Crippen LogP contribution >= 0.6 is 0 Å². The Labute approximate surface area is 104 Å². The maximum atomic E-state index is 10.9. The van der Waals surface area contributed by atoms with Gasteiger partial charge >= 0.3 is 0 Å². The Bertz CT molecular complexity index is 422. The van der Waals surface area contributed by atoms with Gasteiger partial charge in [-0.2, -0.15) is 0 Å². The van der Waals surface area contributed by atoms with E-state index in [2.05, 4.69) is 32.3 Å². The van der Waals surface area contributed by atoms with Gasteiger partial charge in [-0.05, 0) is 18.4 Å². The van der Waals surface area contributed by atoms with Crippen molar-refractivity contribution in [3.63, 3.8) is 0 Å². The fourth-order valence-corrected chi connectivity index (χ4v) is 2.16. The smallest absolute Gasteiger partial charge is 0.157 e. The number of rotatable bonds is 4. The SMILES string of the molecule is C=C[C@@H](C(C)C)[C@](O)(C#CC)c1ccccc1. The van der Waals surface area contributed by atoms with Crippen molar-refractivity contribution in [1.82, 2.24) is 0 Å². The third-order valence-electron chi connectivity index (χ3n) is 2.98. The van der Waals surface area contributed by atoms with Gasteiger partial charge in [-0.3, -0.25) is 0 Å². The predicted octanol–water partition coefficient (Wildman–Crippen LogP) is 3.36. The van der Waals surface area contributed by atoms with Crippen LogP contribution in [0.15, 0.2) is 43.0 Å². The molecule has 1 rings (SSSR count). The van der Waals surface area contributed by atoms with Crippen LogP contribution in [0.25, 0.3) is 0 Å². The summed E-state index contributed by atoms with van der Waals surface area (Å²) in [6.07, 6.45) is 1.79. The zero-order valence-corrected chi connectivity index (χ0v) is 10.8. The summed E-state index contributed by atoms with van der Waals surface area (Å²) in [5.74, 6) is 5.96. The summed E-state index contributed by atoms with van der Waals surface area (Å²) < 4.78 is 0. The standard InChI is InChI=1S/C16H20O/c1-5-12-16(17,15(6-2)13(3)4)14-10-8-7-9-11-14/h6-11,13,15,17H,2H2,1,3-4H3/t15-,16-/m0/s1. The number of hydrogen-bond donors (Lipinski definition) is 1. The van der Waals surface area contributed by atoms with Crippen molar-refractivity contribution in [2.24, 2.45) is 11.8 Å². The predicted molar refractivity (Wildman–Crippen MR) is 72.3 cm³/mol. The van der Waals surface area contributed by atoms with Gasteiger partial charge in [0.25, 0.3) is 0 Å². The molecule has 0 aliphatic heterocycles. The normalized spacial score (nSPS) is 15.6. The van der Waals surface area contributed by atoms with E-state index in [0.717, 1.165) is 5.56 Å². The van der Waals surface area contributed by atoms with Gasteiger partial charge < -0.3 is 5.11 Å². The number of benzene rings is 1. The van der Waals surface area contributed by atoms with E-state index in [1.165, 1.54) is 0 Å². The Morgan fingerprint density at radius 2 is 1.88 bits per heavy atom. The van der Waals surface area contributed by atoms with Gasteiger partial charge in [-0.25, -0.2) is 0 Å². The molecule has 0 aliphatic carbocycles. The van der Waals surface area contributed by atoms with Crippen LogP contribution in [0.2, 0.25) is 0 Å². The van der Waals surface area contributed by atoms with E-state index < -0.39 is 5.60 Å². The summed E-state index contributed by atoms with van der Waals surface area (Å²) in [5.41, 5.74) is -0.320. The molecule has 0 unspecified atom stereocenters. The molecular formula is C16H20O. The minimum Gasteiger partial charge on any atom is -0.373 e. The van der Waals surface area contributed by atoms with Crippen molar-refractivity contribution in [2.45, 2.75) is 26.4 Å². The van der Waals surface area contributed by atoms with E-state index in [9.17, 15) is 5.11 Å². The van der Waals surface area contributed by atoms with Gasteiger partial charge in [0.05, 0.1) is 0 Å². The molecule has 0 bridgehead atoms. The molecule has 0 spiro atoms. The Balaban J connectivity index is 3.30. The van der Waals surface area contributed by atoms with Crippen molar-refractivity contribution in [3.05, 3.63) is 48.6 Å². The molecule has 0 radical (unpaired) electrons. The summed E-state index contributed by atoms with van der Waals surface area (Å²) in [6, 6.07) is 9.57. The summed E-state index contributed by atoms with van der Waals surface area (Å²) in [7, 11) is 0. The van der Waals surface area contributed by atoms with Crippen LogP contribution in [-0.2, 0) is 5.60 Å². The van der Waals surface area contributed by atoms with Gasteiger partial charge in [0.2, 0.25) is 0 Å². The van der Waals surface area contributed by atoms with Gasteiger partial charge in [0.15, 0.2) is 5.60 Å². The van der Waals surface area contributed by atoms with Crippen LogP contribution in [0.1, 0.15) is 26.3 Å². The van der Waals surface area contributed by atoms with Crippen LogP contribution in [0.4, 0.5) is 0 Å². The number of aliphatic hydroxyl groups is 1. The number of hydrogen-bond acceptors (Lipinski definition) is 1. The minimum absolute atomic E-state index is 0.0858. The van der Waals surface area contributed by atoms with Crippen molar-refractivity contribution in [1.29, 1.82) is 0 Å². The summed E-state index contributed by atoms with van der Waals surface area (Å²) in [5, 5.41) is 10.9. The lowest BCUT2D eigenvalue weighted by molar-refractivity contribution is 0.0354. The zero-order chi connectivity index (χ0) is 12.9. The fourth-order valence-electron chi connectivity index (χ4n) is 2.16. The highest BCUT2D eigenvalue weighted by Crippen LogP contribution is 2.34. The lowest BCUT2D eigenvalue weighted by Gasteiger charge is -2.33. The molecule has 0 aliphatic rings. The Hall–Kier alpha value is -1.52. The molecule has 1 nitrogen and oxygen atoms in total. The van der Waals surface area contributed by atoms with E-state index in [1.807, 2.05) is 30.3 Å². The van der Waals surface area contributed by atoms with Crippen LogP contribution < -0.4 is 0 Å². The Morgan fingerprint density at radius 3 is 2.29 bits per heavy atom. The molecule has 0 fully saturated rings. The lowest BCUT2D eigenvalue weighted by atomic mass is 9.76. The third kappa shape index (κ3) is 2.78. The van der Waals surface area contributed by atoms with Crippen molar-refractivity contribution >= 4 is 0 Å². The molecule has 1 heteroatoms. The minimum atomic E-state index is -1.15. The highest BCUT2D eigenvalue weighted by atomic mass is 16.3. The highest BCUT2D eigenvalue weighted by molar-refractivity contribution is 5.34. The second-order valence-electron chi connectivity index (χ2n) is 4.51. The summed E-state index contributed by atoms with van der Waals surface area (Å²) in [4.78, 5) is 0. The highest BCUT2D eigenvalue weighted by Gasteiger charge is 2.36. The molecule has 0 heterocycles. The van der Waals surface area contributed by atoms with Gasteiger partial charge in [0.1, 0.15) is 0 Å². The molecule has 17 heavy (non-hydrogen) atoms. The molecule has 1 aromatic carbocycles. The zero-order valence-electron chi connectivity index (χ0n) is 10.8. The quantitative estimate of drug-likeness (QED) is 0.619. The van der Waals surface area contributed by atoms with Crippen LogP contribution in [0.5, 0.6) is 0 Å². The molecule has 0 amide bonds. The van der Waals surface area contributed by atoms with E-state index >= 15 is 0 Å². The molecule has 1 N–H and O–H groups in total. The molecule has 0 aromatic heterocycles. The maximum absolute atomic E-state index is 10.9. The van der Waals surface area contributed by atoms with E-state index in [-0.39, 0.29) is 11.8 Å². The second kappa shape index (κ2) is 5.70. The first kappa shape index (κ1) is 13.5. The molecule has 1 aromatic rings. The summed E-state index contributed by atoms with van der Waals surface area (Å²) in [6.45, 7) is 9.71. The van der Waals surface area contributed by atoms with Crippen LogP contribution in [-0.4, -0.2) is 5.11 Å². The molecule has 0 saturated heterocycles. The van der Waals surface area contributed by atoms with Crippen molar-refractivity contribution in [3.8, 4) is 11.8 Å². The molecule has 0 saturated carbocycles. The molecule has 90 valence electrons. The molecular weight excluding hydrogens is 208 g/mol. The third-order valence-corrected chi connectivity index (χ3v) is 2.98. The van der Waals surface area contributed by atoms with E-state index in [0.29, 0.717) is 0 Å². The molecule has 2 atom stereocenters. The summed E-state index contributed by atoms with van der Waals surface area (Å²) >= 11 is 0. The van der Waals surface area contributed by atoms with E-state index in [4.69, 9.17) is 0 Å². The van der Waals surface area contributed by atoms with Gasteiger partial charge in [0, 0.05) is 5.92 Å². The van der Waals surface area contributed by atoms with E-state index in [1.54, 1.807) is 13.0 Å². The average Bonchev–Trinajstić information content (AvgIpc) is 2.31. The topological polar surface area (TPSA) is 20.2 Å². The van der Waals surface area contributed by atoms with Crippen LogP contribution in [0.3, 0.4) is 0 Å². The fraction of sp³-hybridized carbons (Fsp3) is 0.375. The Kier molecular flexibility index (Phi) is 4.54.